The monoisotopic (exact) mass is 291 g/mol. The Labute approximate surface area is 124 Å². The number of aromatic nitrogens is 3. The molecule has 0 bridgehead atoms. The molecule has 2 aromatic rings. The Hall–Kier alpha value is -1.69. The van der Waals surface area contributed by atoms with Crippen LogP contribution in [0, 0.1) is 5.82 Å². The summed E-state index contributed by atoms with van der Waals surface area (Å²) in [6, 6.07) is 3.66. The lowest BCUT2D eigenvalue weighted by Gasteiger charge is -2.15. The van der Waals surface area contributed by atoms with Crippen LogP contribution in [0.2, 0.25) is 0 Å². The highest BCUT2D eigenvalue weighted by molar-refractivity contribution is 5.42. The average molecular weight is 291 g/mol. The van der Waals surface area contributed by atoms with Gasteiger partial charge in [0.15, 0.2) is 5.65 Å². The molecular formula is C15H22FN5. The van der Waals surface area contributed by atoms with Crippen molar-refractivity contribution in [3.05, 3.63) is 24.1 Å². The minimum Gasteiger partial charge on any atom is -0.352 e. The number of halogens is 1. The van der Waals surface area contributed by atoms with Crippen LogP contribution < -0.4 is 10.6 Å². The van der Waals surface area contributed by atoms with Crippen molar-refractivity contribution in [3.63, 3.8) is 0 Å². The summed E-state index contributed by atoms with van der Waals surface area (Å²) in [5, 5.41) is 11.0. The summed E-state index contributed by atoms with van der Waals surface area (Å²) in [7, 11) is 0. The highest BCUT2D eigenvalue weighted by Crippen LogP contribution is 2.16. The fourth-order valence-electron chi connectivity index (χ4n) is 2.87. The molecule has 1 saturated carbocycles. The van der Waals surface area contributed by atoms with Crippen LogP contribution in [-0.2, 0) is 0 Å². The third-order valence-electron chi connectivity index (χ3n) is 3.99. The number of nitrogens with one attached hydrogen (secondary N) is 2. The number of nitrogens with zero attached hydrogens (tertiary/aromatic N) is 3. The van der Waals surface area contributed by atoms with Crippen molar-refractivity contribution >= 4 is 11.6 Å². The van der Waals surface area contributed by atoms with Crippen LogP contribution >= 0.6 is 0 Å². The first-order valence-electron chi connectivity index (χ1n) is 7.80. The highest BCUT2D eigenvalue weighted by atomic mass is 19.1. The Balaban J connectivity index is 1.45. The van der Waals surface area contributed by atoms with Crippen molar-refractivity contribution in [2.45, 2.75) is 44.6 Å². The molecule has 0 amide bonds. The van der Waals surface area contributed by atoms with Gasteiger partial charge in [-0.25, -0.2) is 8.91 Å². The van der Waals surface area contributed by atoms with Gasteiger partial charge in [0.1, 0.15) is 5.82 Å². The van der Waals surface area contributed by atoms with Gasteiger partial charge in [-0.05, 0) is 25.0 Å². The van der Waals surface area contributed by atoms with Gasteiger partial charge < -0.3 is 10.6 Å². The van der Waals surface area contributed by atoms with E-state index in [1.807, 2.05) is 0 Å². The lowest BCUT2D eigenvalue weighted by Crippen LogP contribution is -2.32. The molecule has 0 unspecified atom stereocenters. The van der Waals surface area contributed by atoms with E-state index in [-0.39, 0.29) is 5.82 Å². The standard InChI is InChI=1S/C15H22FN5/c16-12-7-8-14-19-15(20-21(14)11-12)18-10-9-17-13-5-3-1-2-4-6-13/h7-8,11,13,17H,1-6,9-10H2,(H,18,20). The molecule has 1 aliphatic rings. The zero-order chi connectivity index (χ0) is 14.5. The Morgan fingerprint density at radius 1 is 1.14 bits per heavy atom. The molecule has 2 aromatic heterocycles. The molecule has 0 aromatic carbocycles. The fourth-order valence-corrected chi connectivity index (χ4v) is 2.87. The third kappa shape index (κ3) is 3.91. The fraction of sp³-hybridized carbons (Fsp3) is 0.600. The summed E-state index contributed by atoms with van der Waals surface area (Å²) in [5.74, 6) is 0.234. The number of rotatable bonds is 5. The Morgan fingerprint density at radius 3 is 2.76 bits per heavy atom. The van der Waals surface area contributed by atoms with E-state index >= 15 is 0 Å². The molecule has 1 aliphatic carbocycles. The summed E-state index contributed by atoms with van der Waals surface area (Å²) in [5.41, 5.74) is 0.649. The lowest BCUT2D eigenvalue weighted by molar-refractivity contribution is 0.468. The van der Waals surface area contributed by atoms with Gasteiger partial charge in [0.25, 0.3) is 0 Å². The second-order valence-corrected chi connectivity index (χ2v) is 5.65. The van der Waals surface area contributed by atoms with E-state index in [1.165, 1.54) is 55.3 Å². The third-order valence-corrected chi connectivity index (χ3v) is 3.99. The van der Waals surface area contributed by atoms with Gasteiger partial charge in [-0.1, -0.05) is 25.7 Å². The number of fused-ring (bicyclic) bond motifs is 1. The first kappa shape index (κ1) is 14.3. The quantitative estimate of drug-likeness (QED) is 0.657. The van der Waals surface area contributed by atoms with Crippen LogP contribution in [0.15, 0.2) is 18.3 Å². The van der Waals surface area contributed by atoms with Gasteiger partial charge in [-0.2, -0.15) is 4.98 Å². The second-order valence-electron chi connectivity index (χ2n) is 5.65. The molecule has 0 aliphatic heterocycles. The van der Waals surface area contributed by atoms with E-state index in [1.54, 1.807) is 6.07 Å². The van der Waals surface area contributed by atoms with E-state index in [9.17, 15) is 4.39 Å². The second kappa shape index (κ2) is 6.85. The van der Waals surface area contributed by atoms with E-state index in [0.717, 1.165) is 13.1 Å². The summed E-state index contributed by atoms with van der Waals surface area (Å²) >= 11 is 0. The summed E-state index contributed by atoms with van der Waals surface area (Å²) in [6.45, 7) is 1.67. The molecule has 6 heteroatoms. The van der Waals surface area contributed by atoms with E-state index in [2.05, 4.69) is 20.7 Å². The first-order chi connectivity index (χ1) is 10.3. The van der Waals surface area contributed by atoms with Gasteiger partial charge in [-0.15, -0.1) is 5.10 Å². The van der Waals surface area contributed by atoms with Crippen LogP contribution in [0.3, 0.4) is 0 Å². The minimum absolute atomic E-state index is 0.311. The Morgan fingerprint density at radius 2 is 1.95 bits per heavy atom. The van der Waals surface area contributed by atoms with Crippen molar-refractivity contribution in [1.82, 2.24) is 19.9 Å². The number of anilines is 1. The molecule has 0 spiro atoms. The predicted molar refractivity (Wildman–Crippen MR) is 80.9 cm³/mol. The zero-order valence-electron chi connectivity index (χ0n) is 12.2. The normalized spacial score (nSPS) is 17.0. The van der Waals surface area contributed by atoms with Crippen LogP contribution in [0.1, 0.15) is 38.5 Å². The molecule has 5 nitrogen and oxygen atoms in total. The molecule has 0 saturated heterocycles. The minimum atomic E-state index is -0.311. The molecule has 2 N–H and O–H groups in total. The number of pyridine rings is 1. The van der Waals surface area contributed by atoms with Crippen LogP contribution in [0.5, 0.6) is 0 Å². The van der Waals surface area contributed by atoms with Gasteiger partial charge >= 0.3 is 0 Å². The summed E-state index contributed by atoms with van der Waals surface area (Å²) < 4.78 is 14.5. The van der Waals surface area contributed by atoms with E-state index in [4.69, 9.17) is 0 Å². The summed E-state index contributed by atoms with van der Waals surface area (Å²) in [4.78, 5) is 4.30. The molecular weight excluding hydrogens is 269 g/mol. The van der Waals surface area contributed by atoms with Gasteiger partial charge in [0.05, 0.1) is 6.20 Å². The maximum absolute atomic E-state index is 13.1. The van der Waals surface area contributed by atoms with Crippen LogP contribution in [0.25, 0.3) is 5.65 Å². The lowest BCUT2D eigenvalue weighted by atomic mass is 10.1. The van der Waals surface area contributed by atoms with Crippen molar-refractivity contribution in [2.24, 2.45) is 0 Å². The van der Waals surface area contributed by atoms with Gasteiger partial charge in [0.2, 0.25) is 5.95 Å². The topological polar surface area (TPSA) is 54.2 Å². The SMILES string of the molecule is Fc1ccc2nc(NCCNC3CCCCCC3)nn2c1. The molecule has 0 atom stereocenters. The van der Waals surface area contributed by atoms with Gasteiger partial charge in [-0.3, -0.25) is 0 Å². The zero-order valence-corrected chi connectivity index (χ0v) is 12.2. The van der Waals surface area contributed by atoms with Gasteiger partial charge in [0, 0.05) is 19.1 Å². The molecule has 21 heavy (non-hydrogen) atoms. The smallest absolute Gasteiger partial charge is 0.243 e. The van der Waals surface area contributed by atoms with E-state index in [0.29, 0.717) is 17.6 Å². The molecule has 1 fully saturated rings. The van der Waals surface area contributed by atoms with Crippen molar-refractivity contribution in [1.29, 1.82) is 0 Å². The highest BCUT2D eigenvalue weighted by Gasteiger charge is 2.11. The molecule has 114 valence electrons. The Bertz CT molecular complexity index is 574. The van der Waals surface area contributed by atoms with Crippen LogP contribution in [0.4, 0.5) is 10.3 Å². The average Bonchev–Trinajstić information content (AvgIpc) is 2.69. The van der Waals surface area contributed by atoms with Crippen molar-refractivity contribution in [2.75, 3.05) is 18.4 Å². The maximum atomic E-state index is 13.1. The van der Waals surface area contributed by atoms with Crippen molar-refractivity contribution < 1.29 is 4.39 Å². The number of hydrogen-bond acceptors (Lipinski definition) is 4. The molecule has 3 rings (SSSR count). The summed E-state index contributed by atoms with van der Waals surface area (Å²) in [6.07, 6.45) is 9.32. The number of hydrogen-bond donors (Lipinski definition) is 2. The largest absolute Gasteiger partial charge is 0.352 e. The molecule has 2 heterocycles. The maximum Gasteiger partial charge on any atom is 0.243 e. The van der Waals surface area contributed by atoms with Crippen LogP contribution in [-0.4, -0.2) is 33.7 Å². The Kier molecular flexibility index (Phi) is 4.65. The van der Waals surface area contributed by atoms with Crippen molar-refractivity contribution in [3.8, 4) is 0 Å². The van der Waals surface area contributed by atoms with E-state index < -0.39 is 0 Å². The molecule has 0 radical (unpaired) electrons. The first-order valence-corrected chi connectivity index (χ1v) is 7.80. The predicted octanol–water partition coefficient (Wildman–Crippen LogP) is 2.59.